The zero-order valence-electron chi connectivity index (χ0n) is 12.3. The van der Waals surface area contributed by atoms with Gasteiger partial charge >= 0.3 is 0 Å². The second-order valence-electron chi connectivity index (χ2n) is 5.10. The second-order valence-corrected chi connectivity index (χ2v) is 5.10. The number of amides is 1. The molecule has 5 nitrogen and oxygen atoms in total. The summed E-state index contributed by atoms with van der Waals surface area (Å²) in [5.41, 5.74) is 0.493. The highest BCUT2D eigenvalue weighted by Gasteiger charge is 2.10. The van der Waals surface area contributed by atoms with Crippen LogP contribution in [0, 0.1) is 12.8 Å². The molecule has 1 rings (SSSR count). The van der Waals surface area contributed by atoms with Gasteiger partial charge in [0, 0.05) is 24.9 Å². The molecule has 1 aromatic rings. The summed E-state index contributed by atoms with van der Waals surface area (Å²) >= 11 is 0. The Kier molecular flexibility index (Phi) is 7.01. The normalized spacial score (nSPS) is 12.2. The number of hydrogen-bond acceptors (Lipinski definition) is 3. The maximum atomic E-state index is 11.9. The molecule has 1 aromatic heterocycles. The summed E-state index contributed by atoms with van der Waals surface area (Å²) in [6.07, 6.45) is 4.31. The van der Waals surface area contributed by atoms with E-state index in [0.29, 0.717) is 24.4 Å². The highest BCUT2D eigenvalue weighted by Crippen LogP contribution is 2.09. The molecule has 0 aliphatic carbocycles. The standard InChI is InChI=1S/C15H24N2O3/c1-3-5-13(7-9-18)10-16-14(19)11-17-8-4-6-12(2)15(17)20/h4,6,8,13,18H,3,5,7,9-11H2,1-2H3,(H,16,19). The molecule has 0 spiro atoms. The molecule has 112 valence electrons. The van der Waals surface area contributed by atoms with Gasteiger partial charge in [-0.05, 0) is 31.7 Å². The lowest BCUT2D eigenvalue weighted by Gasteiger charge is -2.16. The van der Waals surface area contributed by atoms with Crippen molar-refractivity contribution in [1.82, 2.24) is 9.88 Å². The molecule has 0 aliphatic heterocycles. The van der Waals surface area contributed by atoms with Crippen LogP contribution in [0.2, 0.25) is 0 Å². The van der Waals surface area contributed by atoms with Crippen LogP contribution in [0.4, 0.5) is 0 Å². The maximum absolute atomic E-state index is 11.9. The van der Waals surface area contributed by atoms with Crippen molar-refractivity contribution in [3.8, 4) is 0 Å². The Bertz CT molecular complexity index is 476. The lowest BCUT2D eigenvalue weighted by molar-refractivity contribution is -0.121. The predicted molar refractivity (Wildman–Crippen MR) is 78.5 cm³/mol. The van der Waals surface area contributed by atoms with Gasteiger partial charge in [0.1, 0.15) is 6.54 Å². The maximum Gasteiger partial charge on any atom is 0.253 e. The highest BCUT2D eigenvalue weighted by molar-refractivity contribution is 5.75. The van der Waals surface area contributed by atoms with Crippen molar-refractivity contribution in [2.75, 3.05) is 13.2 Å². The van der Waals surface area contributed by atoms with Crippen molar-refractivity contribution >= 4 is 5.91 Å². The number of pyridine rings is 1. The average molecular weight is 280 g/mol. The summed E-state index contributed by atoms with van der Waals surface area (Å²) in [6.45, 7) is 4.54. The monoisotopic (exact) mass is 280 g/mol. The SMILES string of the molecule is CCCC(CCO)CNC(=O)Cn1cccc(C)c1=O. The van der Waals surface area contributed by atoms with Crippen molar-refractivity contribution in [1.29, 1.82) is 0 Å². The Balaban J connectivity index is 2.51. The van der Waals surface area contributed by atoms with Gasteiger partial charge < -0.3 is 15.0 Å². The number of nitrogens with zero attached hydrogens (tertiary/aromatic N) is 1. The van der Waals surface area contributed by atoms with E-state index in [4.69, 9.17) is 5.11 Å². The molecule has 1 heterocycles. The van der Waals surface area contributed by atoms with Crippen LogP contribution < -0.4 is 10.9 Å². The van der Waals surface area contributed by atoms with E-state index in [1.807, 2.05) is 0 Å². The van der Waals surface area contributed by atoms with Gasteiger partial charge in [-0.1, -0.05) is 19.4 Å². The molecule has 0 bridgehead atoms. The number of aromatic nitrogens is 1. The molecule has 0 saturated heterocycles. The molecule has 1 atom stereocenters. The Morgan fingerprint density at radius 2 is 2.20 bits per heavy atom. The molecule has 20 heavy (non-hydrogen) atoms. The number of nitrogens with one attached hydrogen (secondary N) is 1. The largest absolute Gasteiger partial charge is 0.396 e. The van der Waals surface area contributed by atoms with E-state index in [0.717, 1.165) is 12.8 Å². The van der Waals surface area contributed by atoms with Gasteiger partial charge in [-0.3, -0.25) is 9.59 Å². The first-order valence-corrected chi connectivity index (χ1v) is 7.12. The first kappa shape index (κ1) is 16.4. The summed E-state index contributed by atoms with van der Waals surface area (Å²) < 4.78 is 1.41. The van der Waals surface area contributed by atoms with E-state index in [2.05, 4.69) is 12.2 Å². The van der Waals surface area contributed by atoms with Crippen molar-refractivity contribution < 1.29 is 9.90 Å². The van der Waals surface area contributed by atoms with E-state index >= 15 is 0 Å². The Morgan fingerprint density at radius 3 is 2.85 bits per heavy atom. The van der Waals surface area contributed by atoms with Crippen LogP contribution in [0.1, 0.15) is 31.7 Å². The summed E-state index contributed by atoms with van der Waals surface area (Å²) in [5, 5.41) is 11.8. The first-order valence-electron chi connectivity index (χ1n) is 7.12. The van der Waals surface area contributed by atoms with Crippen molar-refractivity contribution in [2.45, 2.75) is 39.7 Å². The quantitative estimate of drug-likeness (QED) is 0.748. The van der Waals surface area contributed by atoms with E-state index in [9.17, 15) is 9.59 Å². The third kappa shape index (κ3) is 5.17. The Hall–Kier alpha value is -1.62. The van der Waals surface area contributed by atoms with Crippen molar-refractivity contribution in [3.63, 3.8) is 0 Å². The summed E-state index contributed by atoms with van der Waals surface area (Å²) in [4.78, 5) is 23.7. The summed E-state index contributed by atoms with van der Waals surface area (Å²) in [5.74, 6) is 0.125. The van der Waals surface area contributed by atoms with Crippen molar-refractivity contribution in [3.05, 3.63) is 34.2 Å². The number of carbonyl (C=O) groups excluding carboxylic acids is 1. The highest BCUT2D eigenvalue weighted by atomic mass is 16.3. The molecule has 5 heteroatoms. The van der Waals surface area contributed by atoms with Crippen LogP contribution in [-0.2, 0) is 11.3 Å². The number of aliphatic hydroxyl groups is 1. The fourth-order valence-corrected chi connectivity index (χ4v) is 2.19. The molecule has 0 fully saturated rings. The Morgan fingerprint density at radius 1 is 1.45 bits per heavy atom. The lowest BCUT2D eigenvalue weighted by Crippen LogP contribution is -2.35. The number of hydrogen-bond donors (Lipinski definition) is 2. The fourth-order valence-electron chi connectivity index (χ4n) is 2.19. The minimum atomic E-state index is -0.170. The lowest BCUT2D eigenvalue weighted by atomic mass is 10.0. The third-order valence-corrected chi connectivity index (χ3v) is 3.35. The minimum Gasteiger partial charge on any atom is -0.396 e. The minimum absolute atomic E-state index is 0.0402. The molecular weight excluding hydrogens is 256 g/mol. The van der Waals surface area contributed by atoms with Crippen LogP contribution in [0.3, 0.4) is 0 Å². The van der Waals surface area contributed by atoms with Gasteiger partial charge in [-0.15, -0.1) is 0 Å². The Labute approximate surface area is 119 Å². The fraction of sp³-hybridized carbons (Fsp3) is 0.600. The third-order valence-electron chi connectivity index (χ3n) is 3.35. The zero-order valence-corrected chi connectivity index (χ0v) is 12.3. The van der Waals surface area contributed by atoms with Crippen molar-refractivity contribution in [2.24, 2.45) is 5.92 Å². The molecule has 0 aromatic carbocycles. The van der Waals surface area contributed by atoms with Gasteiger partial charge in [-0.25, -0.2) is 0 Å². The molecular formula is C15H24N2O3. The van der Waals surface area contributed by atoms with E-state index in [-0.39, 0.29) is 24.6 Å². The van der Waals surface area contributed by atoms with Gasteiger partial charge in [0.15, 0.2) is 0 Å². The van der Waals surface area contributed by atoms with Gasteiger partial charge in [-0.2, -0.15) is 0 Å². The molecule has 2 N–H and O–H groups in total. The van der Waals surface area contributed by atoms with Crippen LogP contribution in [-0.4, -0.2) is 28.7 Å². The van der Waals surface area contributed by atoms with Gasteiger partial charge in [0.2, 0.25) is 5.91 Å². The second kappa shape index (κ2) is 8.53. The number of aliphatic hydroxyl groups excluding tert-OH is 1. The van der Waals surface area contributed by atoms with Crippen LogP contribution in [0.25, 0.3) is 0 Å². The number of aryl methyl sites for hydroxylation is 1. The molecule has 1 amide bonds. The molecule has 0 saturated carbocycles. The predicted octanol–water partition coefficient (Wildman–Crippen LogP) is 1.07. The summed E-state index contributed by atoms with van der Waals surface area (Å²) in [6, 6.07) is 3.49. The van der Waals surface area contributed by atoms with Gasteiger partial charge in [0.25, 0.3) is 5.56 Å². The van der Waals surface area contributed by atoms with Gasteiger partial charge in [0.05, 0.1) is 0 Å². The van der Waals surface area contributed by atoms with Crippen LogP contribution in [0.5, 0.6) is 0 Å². The van der Waals surface area contributed by atoms with E-state index < -0.39 is 0 Å². The first-order chi connectivity index (χ1) is 9.58. The zero-order chi connectivity index (χ0) is 15.0. The van der Waals surface area contributed by atoms with E-state index in [1.54, 1.807) is 25.3 Å². The molecule has 0 radical (unpaired) electrons. The number of rotatable bonds is 8. The van der Waals surface area contributed by atoms with Crippen LogP contribution in [0.15, 0.2) is 23.1 Å². The number of carbonyl (C=O) groups is 1. The molecule has 1 unspecified atom stereocenters. The average Bonchev–Trinajstić information content (AvgIpc) is 2.42. The van der Waals surface area contributed by atoms with Crippen LogP contribution >= 0.6 is 0 Å². The topological polar surface area (TPSA) is 71.3 Å². The smallest absolute Gasteiger partial charge is 0.253 e. The molecule has 0 aliphatic rings. The van der Waals surface area contributed by atoms with E-state index in [1.165, 1.54) is 4.57 Å². The summed E-state index contributed by atoms with van der Waals surface area (Å²) in [7, 11) is 0.